The van der Waals surface area contributed by atoms with Crippen molar-refractivity contribution in [1.29, 1.82) is 0 Å². The van der Waals surface area contributed by atoms with Gasteiger partial charge in [-0.05, 0) is 6.42 Å². The van der Waals surface area contributed by atoms with Gasteiger partial charge in [0.15, 0.2) is 0 Å². The molecule has 2 unspecified atom stereocenters. The Hall–Kier alpha value is -0.230. The summed E-state index contributed by atoms with van der Waals surface area (Å²) in [6, 6.07) is 0. The summed E-state index contributed by atoms with van der Waals surface area (Å²) in [6.45, 7) is 0. The van der Waals surface area contributed by atoms with Crippen LogP contribution in [0.4, 0.5) is 0 Å². The first kappa shape index (κ1) is 11.8. The van der Waals surface area contributed by atoms with Crippen LogP contribution in [0.3, 0.4) is 0 Å². The van der Waals surface area contributed by atoms with Gasteiger partial charge in [0.25, 0.3) is 0 Å². The number of carbonyl (C=O) groups excluding carboxylic acids is 1. The lowest BCUT2D eigenvalue weighted by Crippen LogP contribution is -2.19. The second-order valence-corrected chi connectivity index (χ2v) is 7.71. The normalized spacial score (nSPS) is 25.2. The van der Waals surface area contributed by atoms with Gasteiger partial charge in [0.1, 0.15) is 15.6 Å². The first-order chi connectivity index (χ1) is 6.38. The van der Waals surface area contributed by atoms with Gasteiger partial charge < -0.3 is 0 Å². The fourth-order valence-electron chi connectivity index (χ4n) is 1.40. The first-order valence-electron chi connectivity index (χ1n) is 4.45. The van der Waals surface area contributed by atoms with Crippen molar-refractivity contribution in [3.63, 3.8) is 0 Å². The number of sulfone groups is 1. The Morgan fingerprint density at radius 1 is 1.50 bits per heavy atom. The molecule has 0 aliphatic heterocycles. The van der Waals surface area contributed by atoms with Crippen LogP contribution in [-0.4, -0.2) is 41.4 Å². The van der Waals surface area contributed by atoms with Crippen LogP contribution in [0.5, 0.6) is 0 Å². The van der Waals surface area contributed by atoms with Crippen molar-refractivity contribution in [3.05, 3.63) is 0 Å². The molecule has 82 valence electrons. The molecule has 0 radical (unpaired) electrons. The topological polar surface area (TPSA) is 68.3 Å². The highest BCUT2D eigenvalue weighted by atomic mass is 32.2. The van der Waals surface area contributed by atoms with E-state index in [4.69, 9.17) is 0 Å². The summed E-state index contributed by atoms with van der Waals surface area (Å²) in [5.41, 5.74) is 0. The second-order valence-electron chi connectivity index (χ2n) is 3.62. The molecule has 1 rings (SSSR count). The molecule has 0 aromatic carbocycles. The molecule has 6 heteroatoms. The standard InChI is InChI=1S/C8H14O4S2/c1-14(11,12)5-4-13(10)8-3-2-7(9)6-8/h8H,2-6H2,1H3. The Bertz CT molecular complexity index is 344. The van der Waals surface area contributed by atoms with Crippen molar-refractivity contribution in [1.82, 2.24) is 0 Å². The largest absolute Gasteiger partial charge is 0.300 e. The molecule has 14 heavy (non-hydrogen) atoms. The third kappa shape index (κ3) is 3.88. The summed E-state index contributed by atoms with van der Waals surface area (Å²) >= 11 is 0. The van der Waals surface area contributed by atoms with E-state index in [-0.39, 0.29) is 22.5 Å². The minimum Gasteiger partial charge on any atom is -0.300 e. The quantitative estimate of drug-likeness (QED) is 0.686. The summed E-state index contributed by atoms with van der Waals surface area (Å²) in [4.78, 5) is 10.9. The number of Topliss-reactive ketones (excluding diaryl/α,β-unsaturated/α-hetero) is 1. The van der Waals surface area contributed by atoms with Crippen molar-refractivity contribution >= 4 is 26.4 Å². The van der Waals surface area contributed by atoms with Gasteiger partial charge >= 0.3 is 0 Å². The minimum atomic E-state index is -3.04. The van der Waals surface area contributed by atoms with Crippen LogP contribution < -0.4 is 0 Å². The molecule has 0 aromatic heterocycles. The molecule has 2 atom stereocenters. The van der Waals surface area contributed by atoms with E-state index in [1.54, 1.807) is 0 Å². The van der Waals surface area contributed by atoms with E-state index >= 15 is 0 Å². The molecule has 0 aromatic rings. The molecule has 0 N–H and O–H groups in total. The Kier molecular flexibility index (Phi) is 3.83. The molecule has 1 aliphatic rings. The zero-order valence-corrected chi connectivity index (χ0v) is 9.70. The molecule has 0 spiro atoms. The van der Waals surface area contributed by atoms with E-state index in [2.05, 4.69) is 0 Å². The lowest BCUT2D eigenvalue weighted by Gasteiger charge is -2.06. The predicted octanol–water partition coefficient (Wildman–Crippen LogP) is -0.0987. The van der Waals surface area contributed by atoms with E-state index in [0.717, 1.165) is 6.26 Å². The van der Waals surface area contributed by atoms with Gasteiger partial charge in [-0.25, -0.2) is 8.42 Å². The summed E-state index contributed by atoms with van der Waals surface area (Å²) in [5, 5.41) is -0.107. The van der Waals surface area contributed by atoms with E-state index < -0.39 is 20.6 Å². The molecular formula is C8H14O4S2. The van der Waals surface area contributed by atoms with Crippen LogP contribution in [-0.2, 0) is 25.4 Å². The third-order valence-electron chi connectivity index (χ3n) is 2.23. The molecule has 1 aliphatic carbocycles. The molecular weight excluding hydrogens is 224 g/mol. The lowest BCUT2D eigenvalue weighted by atomic mass is 10.4. The fraction of sp³-hybridized carbons (Fsp3) is 0.875. The van der Waals surface area contributed by atoms with Crippen molar-refractivity contribution in [3.8, 4) is 0 Å². The van der Waals surface area contributed by atoms with E-state index in [9.17, 15) is 17.4 Å². The number of rotatable bonds is 4. The minimum absolute atomic E-state index is 0.0513. The molecule has 1 saturated carbocycles. The van der Waals surface area contributed by atoms with Gasteiger partial charge in [-0.1, -0.05) is 0 Å². The molecule has 0 bridgehead atoms. The molecule has 0 saturated heterocycles. The van der Waals surface area contributed by atoms with E-state index in [1.807, 2.05) is 0 Å². The Morgan fingerprint density at radius 2 is 2.14 bits per heavy atom. The zero-order chi connectivity index (χ0) is 10.8. The molecule has 0 heterocycles. The van der Waals surface area contributed by atoms with Crippen LogP contribution >= 0.6 is 0 Å². The van der Waals surface area contributed by atoms with Crippen molar-refractivity contribution < 1.29 is 17.4 Å². The molecule has 4 nitrogen and oxygen atoms in total. The highest BCUT2D eigenvalue weighted by Crippen LogP contribution is 2.20. The smallest absolute Gasteiger partial charge is 0.148 e. The highest BCUT2D eigenvalue weighted by molar-refractivity contribution is 7.92. The van der Waals surface area contributed by atoms with Gasteiger partial charge in [0.05, 0.1) is 5.75 Å². The third-order valence-corrected chi connectivity index (χ3v) is 5.18. The van der Waals surface area contributed by atoms with Gasteiger partial charge in [0, 0.05) is 40.9 Å². The maximum atomic E-state index is 11.5. The lowest BCUT2D eigenvalue weighted by molar-refractivity contribution is -0.117. The van der Waals surface area contributed by atoms with Gasteiger partial charge in [-0.3, -0.25) is 9.00 Å². The molecule has 1 fully saturated rings. The average molecular weight is 238 g/mol. The van der Waals surface area contributed by atoms with Gasteiger partial charge in [-0.15, -0.1) is 0 Å². The van der Waals surface area contributed by atoms with Crippen LogP contribution in [0.1, 0.15) is 19.3 Å². The van der Waals surface area contributed by atoms with Crippen LogP contribution in [0, 0.1) is 0 Å². The number of carbonyl (C=O) groups is 1. The zero-order valence-electron chi connectivity index (χ0n) is 8.06. The van der Waals surface area contributed by atoms with E-state index in [0.29, 0.717) is 19.3 Å². The summed E-state index contributed by atoms with van der Waals surface area (Å²) < 4.78 is 33.2. The predicted molar refractivity (Wildman–Crippen MR) is 55.4 cm³/mol. The summed E-state index contributed by atoms with van der Waals surface area (Å²) in [7, 11) is -4.20. The summed E-state index contributed by atoms with van der Waals surface area (Å²) in [6.07, 6.45) is 2.63. The average Bonchev–Trinajstić information content (AvgIpc) is 2.46. The Labute approximate surface area is 86.4 Å². The maximum absolute atomic E-state index is 11.5. The van der Waals surface area contributed by atoms with E-state index in [1.165, 1.54) is 0 Å². The highest BCUT2D eigenvalue weighted by Gasteiger charge is 2.27. The monoisotopic (exact) mass is 238 g/mol. The maximum Gasteiger partial charge on any atom is 0.148 e. The van der Waals surface area contributed by atoms with Crippen molar-refractivity contribution in [2.75, 3.05) is 17.8 Å². The first-order valence-corrected chi connectivity index (χ1v) is 7.89. The number of hydrogen-bond donors (Lipinski definition) is 0. The van der Waals surface area contributed by atoms with Crippen LogP contribution in [0.15, 0.2) is 0 Å². The van der Waals surface area contributed by atoms with Gasteiger partial charge in [0.2, 0.25) is 0 Å². The fourth-order valence-corrected chi connectivity index (χ4v) is 4.36. The number of ketones is 1. The van der Waals surface area contributed by atoms with Crippen molar-refractivity contribution in [2.45, 2.75) is 24.5 Å². The Morgan fingerprint density at radius 3 is 2.57 bits per heavy atom. The molecule has 0 amide bonds. The number of hydrogen-bond acceptors (Lipinski definition) is 4. The summed E-state index contributed by atoms with van der Waals surface area (Å²) in [5.74, 6) is 0.254. The van der Waals surface area contributed by atoms with Crippen LogP contribution in [0.25, 0.3) is 0 Å². The Balaban J connectivity index is 2.40. The second kappa shape index (κ2) is 4.53. The van der Waals surface area contributed by atoms with Crippen molar-refractivity contribution in [2.24, 2.45) is 0 Å². The SMILES string of the molecule is CS(=O)(=O)CCS(=O)C1CCC(=O)C1. The van der Waals surface area contributed by atoms with Gasteiger partial charge in [-0.2, -0.15) is 0 Å². The van der Waals surface area contributed by atoms with Crippen LogP contribution in [0.2, 0.25) is 0 Å².